The molecule has 1 aromatic rings. The van der Waals surface area contributed by atoms with E-state index in [2.05, 4.69) is 25.1 Å². The monoisotopic (exact) mass is 276 g/mol. The fourth-order valence-electron chi connectivity index (χ4n) is 2.10. The summed E-state index contributed by atoms with van der Waals surface area (Å²) in [6.45, 7) is 6.84. The highest BCUT2D eigenvalue weighted by Gasteiger charge is 2.06. The summed E-state index contributed by atoms with van der Waals surface area (Å²) >= 11 is 0. The number of unbranched alkanes of at least 4 members (excludes halogenated alkanes) is 2. The summed E-state index contributed by atoms with van der Waals surface area (Å²) in [5.41, 5.74) is 1.33. The lowest BCUT2D eigenvalue weighted by molar-refractivity contribution is -0.122. The molecule has 0 saturated carbocycles. The Labute approximate surface area is 123 Å². The van der Waals surface area contributed by atoms with Gasteiger partial charge in [0.2, 0.25) is 0 Å². The average Bonchev–Trinajstić information content (AvgIpc) is 2.45. The van der Waals surface area contributed by atoms with Crippen LogP contribution in [0.3, 0.4) is 0 Å². The zero-order chi connectivity index (χ0) is 14.8. The summed E-state index contributed by atoms with van der Waals surface area (Å²) < 4.78 is 5.64. The van der Waals surface area contributed by atoms with Gasteiger partial charge < -0.3 is 4.74 Å². The second kappa shape index (κ2) is 9.57. The molecule has 0 aliphatic rings. The first-order valence-electron chi connectivity index (χ1n) is 7.88. The molecule has 1 aromatic carbocycles. The predicted octanol–water partition coefficient (Wildman–Crippen LogP) is 4.80. The highest BCUT2D eigenvalue weighted by atomic mass is 16.5. The third-order valence-electron chi connectivity index (χ3n) is 3.40. The summed E-state index contributed by atoms with van der Waals surface area (Å²) in [4.78, 5) is 11.5. The van der Waals surface area contributed by atoms with Crippen LogP contribution < -0.4 is 4.74 Å². The molecule has 0 N–H and O–H groups in total. The van der Waals surface area contributed by atoms with E-state index < -0.39 is 0 Å². The van der Waals surface area contributed by atoms with Gasteiger partial charge in [0.05, 0.1) is 6.61 Å². The highest BCUT2D eigenvalue weighted by molar-refractivity contribution is 5.80. The molecule has 2 nitrogen and oxygen atoms in total. The molecule has 0 fully saturated rings. The van der Waals surface area contributed by atoms with Crippen molar-refractivity contribution >= 4 is 5.78 Å². The lowest BCUT2D eigenvalue weighted by Crippen LogP contribution is -2.06. The Morgan fingerprint density at radius 3 is 2.70 bits per heavy atom. The van der Waals surface area contributed by atoms with E-state index in [0.29, 0.717) is 5.78 Å². The van der Waals surface area contributed by atoms with Gasteiger partial charge in [-0.1, -0.05) is 39.3 Å². The summed E-state index contributed by atoms with van der Waals surface area (Å²) in [6, 6.07) is 8.36. The van der Waals surface area contributed by atoms with Crippen LogP contribution in [-0.4, -0.2) is 12.4 Å². The molecule has 112 valence electrons. The van der Waals surface area contributed by atoms with Gasteiger partial charge in [-0.15, -0.1) is 0 Å². The fraction of sp³-hybridized carbons (Fsp3) is 0.611. The van der Waals surface area contributed by atoms with Gasteiger partial charge in [-0.3, -0.25) is 4.79 Å². The lowest BCUT2D eigenvalue weighted by atomic mass is 10.0. The number of hydrogen-bond acceptors (Lipinski definition) is 2. The number of hydrogen-bond donors (Lipinski definition) is 0. The average molecular weight is 276 g/mol. The number of ether oxygens (including phenoxy) is 1. The minimum atomic E-state index is 0.183. The first-order chi connectivity index (χ1) is 9.63. The molecule has 1 rings (SSSR count). The van der Waals surface area contributed by atoms with Gasteiger partial charge in [0.15, 0.2) is 0 Å². The SMILES string of the molecule is CCCOc1cccc(CCCCCC(=O)C(C)C)c1. The molecule has 0 aliphatic carbocycles. The molecule has 0 heterocycles. The van der Waals surface area contributed by atoms with Crippen molar-refractivity contribution in [1.82, 2.24) is 0 Å². The number of carbonyl (C=O) groups excluding carboxylic acids is 1. The summed E-state index contributed by atoms with van der Waals surface area (Å²) in [5.74, 6) is 1.54. The number of ketones is 1. The topological polar surface area (TPSA) is 26.3 Å². The summed E-state index contributed by atoms with van der Waals surface area (Å²) in [6.07, 6.45) is 6.12. The van der Waals surface area contributed by atoms with Gasteiger partial charge >= 0.3 is 0 Å². The largest absolute Gasteiger partial charge is 0.494 e. The number of carbonyl (C=O) groups is 1. The summed E-state index contributed by atoms with van der Waals surface area (Å²) in [7, 11) is 0. The van der Waals surface area contributed by atoms with Gasteiger partial charge in [-0.05, 0) is 43.4 Å². The molecule has 0 bridgehead atoms. The second-order valence-corrected chi connectivity index (χ2v) is 5.68. The molecule has 0 amide bonds. The van der Waals surface area contributed by atoms with Crippen LogP contribution in [0.15, 0.2) is 24.3 Å². The Morgan fingerprint density at radius 2 is 2.00 bits per heavy atom. The normalized spacial score (nSPS) is 10.8. The van der Waals surface area contributed by atoms with E-state index in [9.17, 15) is 4.79 Å². The van der Waals surface area contributed by atoms with Gasteiger partial charge in [0, 0.05) is 12.3 Å². The molecular formula is C18H28O2. The quantitative estimate of drug-likeness (QED) is 0.574. The van der Waals surface area contributed by atoms with Crippen molar-refractivity contribution in [2.75, 3.05) is 6.61 Å². The highest BCUT2D eigenvalue weighted by Crippen LogP contribution is 2.16. The Morgan fingerprint density at radius 1 is 1.20 bits per heavy atom. The number of Topliss-reactive ketones (excluding diaryl/α,β-unsaturated/α-hetero) is 1. The standard InChI is InChI=1S/C18H28O2/c1-4-13-20-17-11-8-10-16(14-17)9-6-5-7-12-18(19)15(2)3/h8,10-11,14-15H,4-7,9,12-13H2,1-3H3. The number of rotatable bonds is 10. The van der Waals surface area contributed by atoms with E-state index in [0.717, 1.165) is 50.9 Å². The van der Waals surface area contributed by atoms with Crippen LogP contribution in [0.5, 0.6) is 5.75 Å². The Kier molecular flexibility index (Phi) is 8.01. The number of aryl methyl sites for hydroxylation is 1. The van der Waals surface area contributed by atoms with Crippen LogP contribution in [0.25, 0.3) is 0 Å². The van der Waals surface area contributed by atoms with Crippen molar-refractivity contribution in [2.24, 2.45) is 5.92 Å². The molecule has 0 aliphatic heterocycles. The Hall–Kier alpha value is -1.31. The van der Waals surface area contributed by atoms with Crippen molar-refractivity contribution in [3.8, 4) is 5.75 Å². The smallest absolute Gasteiger partial charge is 0.135 e. The van der Waals surface area contributed by atoms with Gasteiger partial charge in [-0.2, -0.15) is 0 Å². The van der Waals surface area contributed by atoms with Crippen LogP contribution in [0.2, 0.25) is 0 Å². The fourth-order valence-corrected chi connectivity index (χ4v) is 2.10. The first kappa shape index (κ1) is 16.7. The van der Waals surface area contributed by atoms with E-state index in [4.69, 9.17) is 4.74 Å². The van der Waals surface area contributed by atoms with Crippen LogP contribution >= 0.6 is 0 Å². The molecule has 0 saturated heterocycles. The maximum atomic E-state index is 11.5. The molecular weight excluding hydrogens is 248 g/mol. The maximum absolute atomic E-state index is 11.5. The molecule has 0 spiro atoms. The van der Waals surface area contributed by atoms with Gasteiger partial charge in [0.1, 0.15) is 11.5 Å². The van der Waals surface area contributed by atoms with Crippen LogP contribution in [0.1, 0.15) is 58.4 Å². The molecule has 20 heavy (non-hydrogen) atoms. The van der Waals surface area contributed by atoms with E-state index >= 15 is 0 Å². The maximum Gasteiger partial charge on any atom is 0.135 e. The molecule has 0 unspecified atom stereocenters. The van der Waals surface area contributed by atoms with Crippen molar-refractivity contribution in [2.45, 2.75) is 59.3 Å². The third-order valence-corrected chi connectivity index (χ3v) is 3.40. The van der Waals surface area contributed by atoms with Crippen LogP contribution in [-0.2, 0) is 11.2 Å². The van der Waals surface area contributed by atoms with Crippen LogP contribution in [0, 0.1) is 5.92 Å². The molecule has 2 heteroatoms. The van der Waals surface area contributed by atoms with E-state index in [1.54, 1.807) is 0 Å². The van der Waals surface area contributed by atoms with Gasteiger partial charge in [-0.25, -0.2) is 0 Å². The van der Waals surface area contributed by atoms with Crippen molar-refractivity contribution in [3.63, 3.8) is 0 Å². The number of benzene rings is 1. The van der Waals surface area contributed by atoms with E-state index in [1.807, 2.05) is 19.9 Å². The molecule has 0 radical (unpaired) electrons. The zero-order valence-electron chi connectivity index (χ0n) is 13.2. The third kappa shape index (κ3) is 6.74. The van der Waals surface area contributed by atoms with Crippen molar-refractivity contribution in [1.29, 1.82) is 0 Å². The van der Waals surface area contributed by atoms with Crippen molar-refractivity contribution < 1.29 is 9.53 Å². The Bertz CT molecular complexity index is 396. The second-order valence-electron chi connectivity index (χ2n) is 5.68. The van der Waals surface area contributed by atoms with E-state index in [1.165, 1.54) is 5.56 Å². The predicted molar refractivity (Wildman–Crippen MR) is 84.2 cm³/mol. The molecule has 0 aromatic heterocycles. The first-order valence-corrected chi connectivity index (χ1v) is 7.88. The van der Waals surface area contributed by atoms with Crippen molar-refractivity contribution in [3.05, 3.63) is 29.8 Å². The van der Waals surface area contributed by atoms with E-state index in [-0.39, 0.29) is 5.92 Å². The van der Waals surface area contributed by atoms with Crippen LogP contribution in [0.4, 0.5) is 0 Å². The lowest BCUT2D eigenvalue weighted by Gasteiger charge is -2.07. The zero-order valence-corrected chi connectivity index (χ0v) is 13.2. The molecule has 0 atom stereocenters. The minimum Gasteiger partial charge on any atom is -0.494 e. The summed E-state index contributed by atoms with van der Waals surface area (Å²) in [5, 5.41) is 0. The van der Waals surface area contributed by atoms with Gasteiger partial charge in [0.25, 0.3) is 0 Å². The minimum absolute atomic E-state index is 0.183. The Balaban J connectivity index is 2.23.